The first kappa shape index (κ1) is 20.7. The molecule has 1 aromatic carbocycles. The third kappa shape index (κ3) is 6.58. The lowest BCUT2D eigenvalue weighted by Gasteiger charge is -2.21. The molecule has 3 N–H and O–H groups in total. The number of benzene rings is 1. The van der Waals surface area contributed by atoms with Gasteiger partial charge in [0.15, 0.2) is 5.96 Å². The molecule has 0 atom stereocenters. The molecule has 0 saturated heterocycles. The van der Waals surface area contributed by atoms with Crippen LogP contribution in [-0.4, -0.2) is 50.0 Å². The minimum Gasteiger partial charge on any atom is -0.356 e. The molecule has 0 radical (unpaired) electrons. The van der Waals surface area contributed by atoms with Crippen molar-refractivity contribution in [2.24, 2.45) is 4.99 Å². The Kier molecular flexibility index (Phi) is 7.21. The van der Waals surface area contributed by atoms with Crippen molar-refractivity contribution in [1.82, 2.24) is 16.0 Å². The summed E-state index contributed by atoms with van der Waals surface area (Å²) in [6.45, 7) is 7.34. The maximum atomic E-state index is 12.5. The predicted molar refractivity (Wildman–Crippen MR) is 109 cm³/mol. The van der Waals surface area contributed by atoms with Crippen LogP contribution in [0.2, 0.25) is 0 Å². The van der Waals surface area contributed by atoms with E-state index in [2.05, 4.69) is 27.0 Å². The molecule has 0 bridgehead atoms. The topological polar surface area (TPSA) is 85.8 Å². The highest BCUT2D eigenvalue weighted by Gasteiger charge is 2.23. The lowest BCUT2D eigenvalue weighted by atomic mass is 10.1. The first-order valence-electron chi connectivity index (χ1n) is 9.44. The SMILES string of the molecule is CN=C(NCCCC(=O)N1CCc2ccccc21)NCC(=O)NC(C)(C)C. The van der Waals surface area contributed by atoms with Crippen molar-refractivity contribution >= 4 is 23.5 Å². The number of hydrogen-bond donors (Lipinski definition) is 3. The van der Waals surface area contributed by atoms with Gasteiger partial charge in [-0.25, -0.2) is 0 Å². The van der Waals surface area contributed by atoms with Gasteiger partial charge in [0.2, 0.25) is 11.8 Å². The van der Waals surface area contributed by atoms with Gasteiger partial charge in [-0.3, -0.25) is 14.6 Å². The van der Waals surface area contributed by atoms with Gasteiger partial charge in [-0.05, 0) is 45.2 Å². The number of carbonyl (C=O) groups excluding carboxylic acids is 2. The number of aliphatic imine (C=N–C) groups is 1. The fourth-order valence-electron chi connectivity index (χ4n) is 3.03. The molecule has 7 nitrogen and oxygen atoms in total. The Morgan fingerprint density at radius 3 is 2.63 bits per heavy atom. The summed E-state index contributed by atoms with van der Waals surface area (Å²) in [7, 11) is 1.66. The van der Waals surface area contributed by atoms with E-state index < -0.39 is 0 Å². The van der Waals surface area contributed by atoms with E-state index in [4.69, 9.17) is 0 Å². The number of amides is 2. The van der Waals surface area contributed by atoms with Gasteiger partial charge in [-0.2, -0.15) is 0 Å². The zero-order valence-electron chi connectivity index (χ0n) is 16.8. The van der Waals surface area contributed by atoms with Crippen molar-refractivity contribution in [2.45, 2.75) is 45.6 Å². The van der Waals surface area contributed by atoms with Gasteiger partial charge >= 0.3 is 0 Å². The van der Waals surface area contributed by atoms with E-state index in [1.165, 1.54) is 5.56 Å². The standard InChI is InChI=1S/C20H31N5O2/c1-20(2,3)24-17(26)14-23-19(21-4)22-12-7-10-18(27)25-13-11-15-8-5-6-9-16(15)25/h5-6,8-9H,7,10-14H2,1-4H3,(H,24,26)(H2,21,22,23). The van der Waals surface area contributed by atoms with Crippen LogP contribution in [0.25, 0.3) is 0 Å². The highest BCUT2D eigenvalue weighted by Crippen LogP contribution is 2.27. The van der Waals surface area contributed by atoms with Crippen LogP contribution in [0.15, 0.2) is 29.3 Å². The summed E-state index contributed by atoms with van der Waals surface area (Å²) in [4.78, 5) is 30.3. The van der Waals surface area contributed by atoms with Crippen LogP contribution >= 0.6 is 0 Å². The van der Waals surface area contributed by atoms with Gasteiger partial charge in [-0.15, -0.1) is 0 Å². The summed E-state index contributed by atoms with van der Waals surface area (Å²) in [5.41, 5.74) is 2.02. The molecule has 0 aromatic heterocycles. The fraction of sp³-hybridized carbons (Fsp3) is 0.550. The van der Waals surface area contributed by atoms with Crippen molar-refractivity contribution < 1.29 is 9.59 Å². The third-order valence-electron chi connectivity index (χ3n) is 4.20. The molecule has 148 valence electrons. The quantitative estimate of drug-likeness (QED) is 0.400. The zero-order chi connectivity index (χ0) is 19.9. The number of nitrogens with zero attached hydrogens (tertiary/aromatic N) is 2. The zero-order valence-corrected chi connectivity index (χ0v) is 16.8. The number of rotatable bonds is 6. The summed E-state index contributed by atoms with van der Waals surface area (Å²) in [5, 5.41) is 9.01. The van der Waals surface area contributed by atoms with E-state index in [1.54, 1.807) is 7.05 Å². The molecule has 1 aromatic rings. The Labute approximate surface area is 161 Å². The maximum Gasteiger partial charge on any atom is 0.239 e. The van der Waals surface area contributed by atoms with E-state index >= 15 is 0 Å². The van der Waals surface area contributed by atoms with Crippen molar-refractivity contribution in [3.05, 3.63) is 29.8 Å². The monoisotopic (exact) mass is 373 g/mol. The summed E-state index contributed by atoms with van der Waals surface area (Å²) < 4.78 is 0. The van der Waals surface area contributed by atoms with Crippen LogP contribution in [0.3, 0.4) is 0 Å². The number of para-hydroxylation sites is 1. The van der Waals surface area contributed by atoms with E-state index in [0.29, 0.717) is 25.3 Å². The number of carbonyl (C=O) groups is 2. The summed E-state index contributed by atoms with van der Waals surface area (Å²) in [5.74, 6) is 0.612. The van der Waals surface area contributed by atoms with Crippen molar-refractivity contribution in [1.29, 1.82) is 0 Å². The number of hydrogen-bond acceptors (Lipinski definition) is 3. The van der Waals surface area contributed by atoms with Crippen LogP contribution < -0.4 is 20.9 Å². The lowest BCUT2D eigenvalue weighted by Crippen LogP contribution is -2.48. The van der Waals surface area contributed by atoms with Gasteiger partial charge in [-0.1, -0.05) is 18.2 Å². The van der Waals surface area contributed by atoms with Crippen LogP contribution in [0.5, 0.6) is 0 Å². The van der Waals surface area contributed by atoms with Crippen LogP contribution in [-0.2, 0) is 16.0 Å². The summed E-state index contributed by atoms with van der Waals surface area (Å²) >= 11 is 0. The number of nitrogens with one attached hydrogen (secondary N) is 3. The normalized spacial score (nSPS) is 13.9. The van der Waals surface area contributed by atoms with Crippen LogP contribution in [0.4, 0.5) is 5.69 Å². The highest BCUT2D eigenvalue weighted by atomic mass is 16.2. The molecule has 0 spiro atoms. The van der Waals surface area contributed by atoms with Gasteiger partial charge in [0.1, 0.15) is 0 Å². The molecule has 0 unspecified atom stereocenters. The molecule has 0 fully saturated rings. The van der Waals surface area contributed by atoms with Gasteiger partial charge in [0.25, 0.3) is 0 Å². The van der Waals surface area contributed by atoms with E-state index in [9.17, 15) is 9.59 Å². The summed E-state index contributed by atoms with van der Waals surface area (Å²) in [6.07, 6.45) is 2.10. The second-order valence-corrected chi connectivity index (χ2v) is 7.68. The van der Waals surface area contributed by atoms with Gasteiger partial charge in [0.05, 0.1) is 6.54 Å². The second-order valence-electron chi connectivity index (χ2n) is 7.68. The predicted octanol–water partition coefficient (Wildman–Crippen LogP) is 1.44. The number of fused-ring (bicyclic) bond motifs is 1. The third-order valence-corrected chi connectivity index (χ3v) is 4.20. The molecule has 0 saturated carbocycles. The highest BCUT2D eigenvalue weighted by molar-refractivity contribution is 5.95. The lowest BCUT2D eigenvalue weighted by molar-refractivity contribution is -0.121. The Bertz CT molecular complexity index is 694. The minimum atomic E-state index is -0.260. The molecule has 1 aliphatic rings. The molecule has 2 rings (SSSR count). The Hall–Kier alpha value is -2.57. The number of guanidine groups is 1. The van der Waals surface area contributed by atoms with Crippen molar-refractivity contribution in [3.8, 4) is 0 Å². The van der Waals surface area contributed by atoms with Crippen LogP contribution in [0, 0.1) is 0 Å². The smallest absolute Gasteiger partial charge is 0.239 e. The molecule has 7 heteroatoms. The Morgan fingerprint density at radius 1 is 1.19 bits per heavy atom. The average molecular weight is 374 g/mol. The molecule has 2 amide bonds. The molecule has 1 heterocycles. The molecular formula is C20H31N5O2. The minimum absolute atomic E-state index is 0.0895. The van der Waals surface area contributed by atoms with E-state index in [0.717, 1.165) is 18.7 Å². The number of anilines is 1. The first-order valence-corrected chi connectivity index (χ1v) is 9.44. The van der Waals surface area contributed by atoms with Gasteiger partial charge in [0, 0.05) is 37.8 Å². The Morgan fingerprint density at radius 2 is 1.93 bits per heavy atom. The van der Waals surface area contributed by atoms with Crippen molar-refractivity contribution in [2.75, 3.05) is 31.6 Å². The second kappa shape index (κ2) is 9.39. The summed E-state index contributed by atoms with van der Waals surface area (Å²) in [6, 6.07) is 8.07. The fourth-order valence-corrected chi connectivity index (χ4v) is 3.03. The van der Waals surface area contributed by atoms with Crippen LogP contribution in [0.1, 0.15) is 39.2 Å². The molecule has 0 aliphatic carbocycles. The maximum absolute atomic E-state index is 12.5. The molecule has 27 heavy (non-hydrogen) atoms. The van der Waals surface area contributed by atoms with Crippen molar-refractivity contribution in [3.63, 3.8) is 0 Å². The van der Waals surface area contributed by atoms with E-state index in [-0.39, 0.29) is 23.9 Å². The Balaban J connectivity index is 1.68. The first-order chi connectivity index (χ1) is 12.8. The average Bonchev–Trinajstić information content (AvgIpc) is 3.03. The largest absolute Gasteiger partial charge is 0.356 e. The van der Waals surface area contributed by atoms with E-state index in [1.807, 2.05) is 43.9 Å². The molecule has 1 aliphatic heterocycles. The molecular weight excluding hydrogens is 342 g/mol. The van der Waals surface area contributed by atoms with Gasteiger partial charge < -0.3 is 20.9 Å².